The summed E-state index contributed by atoms with van der Waals surface area (Å²) in [5, 5.41) is 0.556. The van der Waals surface area contributed by atoms with Crippen molar-refractivity contribution in [3.8, 4) is 11.5 Å². The zero-order valence-corrected chi connectivity index (χ0v) is 17.7. The molecule has 0 aliphatic heterocycles. The third kappa shape index (κ3) is 9.39. The summed E-state index contributed by atoms with van der Waals surface area (Å²) in [5.41, 5.74) is 0.106. The van der Waals surface area contributed by atoms with Gasteiger partial charge in [0.05, 0.1) is 17.2 Å². The van der Waals surface area contributed by atoms with E-state index in [1.165, 1.54) is 12.1 Å². The van der Waals surface area contributed by atoms with Crippen LogP contribution in [0.15, 0.2) is 59.5 Å². The minimum atomic E-state index is -4.35. The van der Waals surface area contributed by atoms with Crippen LogP contribution in [0.1, 0.15) is 18.9 Å². The van der Waals surface area contributed by atoms with Crippen LogP contribution < -0.4 is 9.47 Å². The maximum Gasteiger partial charge on any atom is 0.416 e. The molecule has 0 bridgehead atoms. The molecule has 0 saturated heterocycles. The standard InChI is InChI=1S/C20H20ClF3O2S.CO2/c1-3-10-25-19-9-8-17(11-18(19)21)27-13-14(2)12-26-16-6-4-15(5-7-16)20(22,23)24;2-1-3/h4-9,11H,2-3,10,12-13H2,1H3;. The molecule has 0 saturated carbocycles. The summed E-state index contributed by atoms with van der Waals surface area (Å²) in [6.45, 7) is 6.80. The summed E-state index contributed by atoms with van der Waals surface area (Å²) in [6, 6.07) is 10.2. The predicted octanol–water partition coefficient (Wildman–Crippen LogP) is 6.29. The molecule has 0 spiro atoms. The number of thioether (sulfide) groups is 1. The average Bonchev–Trinajstić information content (AvgIpc) is 2.70. The fourth-order valence-corrected chi connectivity index (χ4v) is 3.17. The summed E-state index contributed by atoms with van der Waals surface area (Å²) >= 11 is 7.75. The number of alkyl halides is 3. The van der Waals surface area contributed by atoms with Gasteiger partial charge in [0.25, 0.3) is 0 Å². The Morgan fingerprint density at radius 3 is 2.30 bits per heavy atom. The fourth-order valence-electron chi connectivity index (χ4n) is 2.05. The molecular weight excluding hydrogens is 441 g/mol. The molecule has 2 aromatic carbocycles. The van der Waals surface area contributed by atoms with Crippen molar-refractivity contribution in [2.75, 3.05) is 19.0 Å². The van der Waals surface area contributed by atoms with Crippen LogP contribution in [0.4, 0.5) is 13.2 Å². The largest absolute Gasteiger partial charge is 0.492 e. The number of benzene rings is 2. The zero-order chi connectivity index (χ0) is 22.6. The van der Waals surface area contributed by atoms with Gasteiger partial charge >= 0.3 is 12.3 Å². The van der Waals surface area contributed by atoms with Crippen molar-refractivity contribution >= 4 is 29.5 Å². The Balaban J connectivity index is 0.00000141. The van der Waals surface area contributed by atoms with Crippen LogP contribution in [0.5, 0.6) is 11.5 Å². The van der Waals surface area contributed by atoms with Crippen molar-refractivity contribution in [2.45, 2.75) is 24.4 Å². The zero-order valence-electron chi connectivity index (χ0n) is 16.1. The molecule has 0 atom stereocenters. The monoisotopic (exact) mass is 460 g/mol. The molecule has 0 amide bonds. The molecule has 0 heterocycles. The van der Waals surface area contributed by atoms with Crippen LogP contribution in [0.2, 0.25) is 5.02 Å². The molecule has 4 nitrogen and oxygen atoms in total. The summed E-state index contributed by atoms with van der Waals surface area (Å²) in [6.07, 6.45) is -3.19. The van der Waals surface area contributed by atoms with Crippen LogP contribution >= 0.6 is 23.4 Å². The average molecular weight is 461 g/mol. The Hall–Kier alpha value is -2.41. The van der Waals surface area contributed by atoms with Crippen LogP contribution in [0.3, 0.4) is 0 Å². The first-order valence-electron chi connectivity index (χ1n) is 8.72. The van der Waals surface area contributed by atoms with E-state index in [9.17, 15) is 13.2 Å². The van der Waals surface area contributed by atoms with Crippen LogP contribution in [0.25, 0.3) is 0 Å². The van der Waals surface area contributed by atoms with Crippen LogP contribution in [-0.4, -0.2) is 25.1 Å². The van der Waals surface area contributed by atoms with E-state index < -0.39 is 11.7 Å². The Kier molecular flexibility index (Phi) is 11.1. The lowest BCUT2D eigenvalue weighted by Crippen LogP contribution is -2.05. The molecule has 0 aliphatic carbocycles. The van der Waals surface area contributed by atoms with Crippen molar-refractivity contribution in [3.63, 3.8) is 0 Å². The highest BCUT2D eigenvalue weighted by Crippen LogP contribution is 2.32. The molecule has 0 N–H and O–H groups in total. The lowest BCUT2D eigenvalue weighted by Gasteiger charge is -2.11. The second-order valence-electron chi connectivity index (χ2n) is 5.87. The van der Waals surface area contributed by atoms with Gasteiger partial charge in [-0.15, -0.1) is 11.8 Å². The maximum absolute atomic E-state index is 12.5. The molecule has 30 heavy (non-hydrogen) atoms. The number of carbonyl (C=O) groups excluding carboxylic acids is 2. The maximum atomic E-state index is 12.5. The van der Waals surface area contributed by atoms with Crippen molar-refractivity contribution in [3.05, 3.63) is 65.2 Å². The summed E-state index contributed by atoms with van der Waals surface area (Å²) in [4.78, 5) is 17.2. The normalized spacial score (nSPS) is 10.4. The minimum absolute atomic E-state index is 0.226. The first kappa shape index (κ1) is 25.6. The third-order valence-corrected chi connectivity index (χ3v) is 4.87. The molecule has 2 rings (SSSR count). The van der Waals surface area contributed by atoms with E-state index in [1.54, 1.807) is 11.8 Å². The quantitative estimate of drug-likeness (QED) is 0.325. The Morgan fingerprint density at radius 1 is 1.13 bits per heavy atom. The van der Waals surface area contributed by atoms with Gasteiger partial charge in [-0.2, -0.15) is 22.8 Å². The van der Waals surface area contributed by atoms with Crippen molar-refractivity contribution in [1.29, 1.82) is 0 Å². The molecule has 162 valence electrons. The predicted molar refractivity (Wildman–Crippen MR) is 109 cm³/mol. The van der Waals surface area contributed by atoms with E-state index in [-0.39, 0.29) is 12.8 Å². The van der Waals surface area contributed by atoms with Crippen LogP contribution in [-0.2, 0) is 15.8 Å². The van der Waals surface area contributed by atoms with E-state index in [4.69, 9.17) is 30.7 Å². The molecule has 0 unspecified atom stereocenters. The number of ether oxygens (including phenoxy) is 2. The summed E-state index contributed by atoms with van der Waals surface area (Å²) in [7, 11) is 0. The smallest absolute Gasteiger partial charge is 0.416 e. The van der Waals surface area contributed by atoms with Gasteiger partial charge in [-0.3, -0.25) is 0 Å². The third-order valence-electron chi connectivity index (χ3n) is 3.43. The highest BCUT2D eigenvalue weighted by atomic mass is 35.5. The molecule has 0 aliphatic rings. The van der Waals surface area contributed by atoms with Gasteiger partial charge in [-0.1, -0.05) is 25.1 Å². The highest BCUT2D eigenvalue weighted by Gasteiger charge is 2.30. The summed E-state index contributed by atoms with van der Waals surface area (Å²) in [5.74, 6) is 1.63. The van der Waals surface area contributed by atoms with E-state index >= 15 is 0 Å². The second-order valence-corrected chi connectivity index (χ2v) is 7.33. The van der Waals surface area contributed by atoms with Gasteiger partial charge in [-0.25, -0.2) is 0 Å². The van der Waals surface area contributed by atoms with Gasteiger partial charge in [0.15, 0.2) is 0 Å². The van der Waals surface area contributed by atoms with E-state index in [0.717, 1.165) is 29.0 Å². The molecular formula is C21H20ClF3O4S. The van der Waals surface area contributed by atoms with Crippen LogP contribution in [0, 0.1) is 0 Å². The molecule has 2 aromatic rings. The second kappa shape index (κ2) is 13.0. The lowest BCUT2D eigenvalue weighted by molar-refractivity contribution is -0.191. The fraction of sp³-hybridized carbons (Fsp3) is 0.286. The van der Waals surface area contributed by atoms with Crippen molar-refractivity contribution in [2.24, 2.45) is 0 Å². The van der Waals surface area contributed by atoms with Gasteiger partial charge in [0.2, 0.25) is 0 Å². The SMILES string of the molecule is C=C(COc1ccc(C(F)(F)F)cc1)CSc1ccc(OCCC)c(Cl)c1.O=C=O. The van der Waals surface area contributed by atoms with E-state index in [0.29, 0.717) is 28.9 Å². The van der Waals surface area contributed by atoms with Gasteiger partial charge in [0.1, 0.15) is 18.1 Å². The number of hydrogen-bond donors (Lipinski definition) is 0. The van der Waals surface area contributed by atoms with Crippen molar-refractivity contribution in [1.82, 2.24) is 0 Å². The highest BCUT2D eigenvalue weighted by molar-refractivity contribution is 7.99. The lowest BCUT2D eigenvalue weighted by atomic mass is 10.2. The number of hydrogen-bond acceptors (Lipinski definition) is 5. The number of halogens is 4. The Morgan fingerprint density at radius 2 is 1.77 bits per heavy atom. The van der Waals surface area contributed by atoms with Gasteiger partial charge in [-0.05, 0) is 54.5 Å². The first-order valence-corrected chi connectivity index (χ1v) is 10.1. The summed E-state index contributed by atoms with van der Waals surface area (Å²) < 4.78 is 48.6. The van der Waals surface area contributed by atoms with E-state index in [1.807, 2.05) is 25.1 Å². The minimum Gasteiger partial charge on any atom is -0.492 e. The van der Waals surface area contributed by atoms with Gasteiger partial charge in [0, 0.05) is 10.6 Å². The topological polar surface area (TPSA) is 52.6 Å². The Bertz CT molecular complexity index is 848. The Labute approximate surface area is 182 Å². The van der Waals surface area contributed by atoms with E-state index in [2.05, 4.69) is 6.58 Å². The number of rotatable bonds is 9. The molecule has 9 heteroatoms. The molecule has 0 radical (unpaired) electrons. The van der Waals surface area contributed by atoms with Gasteiger partial charge < -0.3 is 9.47 Å². The molecule has 0 fully saturated rings. The first-order chi connectivity index (χ1) is 14.2. The van der Waals surface area contributed by atoms with Crippen molar-refractivity contribution < 1.29 is 32.2 Å². The molecule has 0 aromatic heterocycles.